The van der Waals surface area contributed by atoms with Crippen molar-refractivity contribution in [1.29, 1.82) is 0 Å². The zero-order chi connectivity index (χ0) is 30.3. The van der Waals surface area contributed by atoms with E-state index >= 15 is 0 Å². The maximum atomic E-state index is 13.5. The first kappa shape index (κ1) is 30.1. The Bertz CT molecular complexity index is 1480. The van der Waals surface area contributed by atoms with Gasteiger partial charge >= 0.3 is 0 Å². The van der Waals surface area contributed by atoms with Crippen LogP contribution in [0, 0.1) is 6.92 Å². The molecule has 0 aliphatic carbocycles. The predicted octanol–water partition coefficient (Wildman–Crippen LogP) is 4.74. The van der Waals surface area contributed by atoms with E-state index in [-0.39, 0.29) is 11.3 Å². The fraction of sp³-hybridized carbons (Fsp3) is 0.353. The molecule has 9 heteroatoms. The van der Waals surface area contributed by atoms with Crippen LogP contribution in [0.15, 0.2) is 72.3 Å². The molecule has 1 amide bonds. The highest BCUT2D eigenvalue weighted by molar-refractivity contribution is 6.46. The Morgan fingerprint density at radius 2 is 1.72 bits per heavy atom. The molecule has 0 radical (unpaired) electrons. The number of Topliss-reactive ketones (excluding diaryl/α,β-unsaturated/α-hetero) is 1. The first-order chi connectivity index (χ1) is 20.9. The summed E-state index contributed by atoms with van der Waals surface area (Å²) < 4.78 is 22.6. The third kappa shape index (κ3) is 6.84. The van der Waals surface area contributed by atoms with Crippen molar-refractivity contribution in [3.8, 4) is 17.2 Å². The maximum absolute atomic E-state index is 13.5. The van der Waals surface area contributed by atoms with Gasteiger partial charge in [-0.1, -0.05) is 35.9 Å². The van der Waals surface area contributed by atoms with Gasteiger partial charge in [-0.2, -0.15) is 0 Å². The van der Waals surface area contributed by atoms with Crippen LogP contribution in [-0.4, -0.2) is 79.7 Å². The molecule has 2 saturated heterocycles. The minimum absolute atomic E-state index is 0.0339. The number of hydrogen-bond acceptors (Lipinski definition) is 8. The van der Waals surface area contributed by atoms with Gasteiger partial charge in [-0.25, -0.2) is 0 Å². The van der Waals surface area contributed by atoms with Gasteiger partial charge in [-0.15, -0.1) is 0 Å². The topological polar surface area (TPSA) is 97.8 Å². The number of likely N-dealkylation sites (tertiary alicyclic amines) is 1. The van der Waals surface area contributed by atoms with E-state index in [1.807, 2.05) is 32.0 Å². The molecule has 0 bridgehead atoms. The van der Waals surface area contributed by atoms with E-state index < -0.39 is 17.7 Å². The van der Waals surface area contributed by atoms with Crippen LogP contribution in [-0.2, 0) is 20.9 Å². The number of nitrogens with zero attached hydrogens (tertiary/aromatic N) is 2. The summed E-state index contributed by atoms with van der Waals surface area (Å²) in [6.07, 6.45) is 0. The van der Waals surface area contributed by atoms with Gasteiger partial charge in [0.05, 0.1) is 38.5 Å². The number of methoxy groups -OCH3 is 1. The highest BCUT2D eigenvalue weighted by atomic mass is 16.5. The number of ether oxygens (including phenoxy) is 4. The second kappa shape index (κ2) is 13.8. The van der Waals surface area contributed by atoms with Gasteiger partial charge in [0.25, 0.3) is 11.7 Å². The highest BCUT2D eigenvalue weighted by Crippen LogP contribution is 2.42. The van der Waals surface area contributed by atoms with E-state index in [4.69, 9.17) is 18.9 Å². The Morgan fingerprint density at radius 1 is 0.953 bits per heavy atom. The zero-order valence-electron chi connectivity index (χ0n) is 24.9. The maximum Gasteiger partial charge on any atom is 0.295 e. The van der Waals surface area contributed by atoms with Gasteiger partial charge in [0.1, 0.15) is 18.1 Å². The van der Waals surface area contributed by atoms with Gasteiger partial charge in [0.15, 0.2) is 11.5 Å². The second-order valence-corrected chi connectivity index (χ2v) is 10.6. The third-order valence-corrected chi connectivity index (χ3v) is 7.72. The molecule has 2 fully saturated rings. The lowest BCUT2D eigenvalue weighted by Crippen LogP contribution is -2.42. The lowest BCUT2D eigenvalue weighted by Gasteiger charge is -2.31. The summed E-state index contributed by atoms with van der Waals surface area (Å²) in [5.41, 5.74) is 3.29. The van der Waals surface area contributed by atoms with Crippen LogP contribution >= 0.6 is 0 Å². The summed E-state index contributed by atoms with van der Waals surface area (Å²) >= 11 is 0. The van der Waals surface area contributed by atoms with E-state index in [0.29, 0.717) is 67.9 Å². The van der Waals surface area contributed by atoms with E-state index in [2.05, 4.69) is 11.0 Å². The molecule has 1 unspecified atom stereocenters. The molecular formula is C34H38N2O7. The Morgan fingerprint density at radius 3 is 2.42 bits per heavy atom. The smallest absolute Gasteiger partial charge is 0.295 e. The van der Waals surface area contributed by atoms with Crippen molar-refractivity contribution in [2.45, 2.75) is 26.5 Å². The monoisotopic (exact) mass is 586 g/mol. The van der Waals surface area contributed by atoms with Gasteiger partial charge in [-0.3, -0.25) is 14.5 Å². The molecule has 3 aromatic carbocycles. The van der Waals surface area contributed by atoms with E-state index in [1.54, 1.807) is 49.6 Å². The summed E-state index contributed by atoms with van der Waals surface area (Å²) in [6, 6.07) is 19.5. The normalized spacial score (nSPS) is 18.6. The van der Waals surface area contributed by atoms with Crippen LogP contribution in [0.2, 0.25) is 0 Å². The quantitative estimate of drug-likeness (QED) is 0.196. The predicted molar refractivity (Wildman–Crippen MR) is 162 cm³/mol. The van der Waals surface area contributed by atoms with Crippen molar-refractivity contribution in [1.82, 2.24) is 9.80 Å². The molecule has 0 spiro atoms. The van der Waals surface area contributed by atoms with E-state index in [9.17, 15) is 14.7 Å². The first-order valence-electron chi connectivity index (χ1n) is 14.6. The number of aryl methyl sites for hydroxylation is 1. The summed E-state index contributed by atoms with van der Waals surface area (Å²) in [4.78, 5) is 30.7. The number of benzene rings is 3. The minimum atomic E-state index is -0.803. The number of morpholine rings is 1. The number of ketones is 1. The van der Waals surface area contributed by atoms with E-state index in [1.165, 1.54) is 4.90 Å². The molecule has 1 N–H and O–H groups in total. The standard InChI is InChI=1S/C34H38N2O7/c1-4-42-28-13-10-26(21-29(28)40-3)31-30(33(38)34(39)36(31)15-14-35-16-18-41-19-17-35)32(37)25-8-11-27(12-9-25)43-22-24-7-5-6-23(2)20-24/h5-13,20-21,31,37H,4,14-19,22H2,1-3H3. The molecular weight excluding hydrogens is 548 g/mol. The zero-order valence-corrected chi connectivity index (χ0v) is 24.9. The molecule has 0 aromatic heterocycles. The molecule has 2 aliphatic heterocycles. The number of carbonyl (C=O) groups is 2. The number of carbonyl (C=O) groups excluding carboxylic acids is 2. The van der Waals surface area contributed by atoms with Crippen molar-refractivity contribution < 1.29 is 33.6 Å². The van der Waals surface area contributed by atoms with Crippen molar-refractivity contribution in [3.05, 3.63) is 94.6 Å². The van der Waals surface area contributed by atoms with Crippen LogP contribution in [0.5, 0.6) is 17.2 Å². The Kier molecular flexibility index (Phi) is 9.64. The summed E-state index contributed by atoms with van der Waals surface area (Å²) in [5, 5.41) is 11.5. The fourth-order valence-electron chi connectivity index (χ4n) is 5.49. The molecule has 5 rings (SSSR count). The Balaban J connectivity index is 1.46. The van der Waals surface area contributed by atoms with Crippen molar-refractivity contribution in [3.63, 3.8) is 0 Å². The minimum Gasteiger partial charge on any atom is -0.507 e. The van der Waals surface area contributed by atoms with E-state index in [0.717, 1.165) is 24.2 Å². The lowest BCUT2D eigenvalue weighted by molar-refractivity contribution is -0.140. The molecule has 3 aromatic rings. The number of rotatable bonds is 11. The molecule has 1 atom stereocenters. The van der Waals surface area contributed by atoms with Crippen LogP contribution in [0.3, 0.4) is 0 Å². The van der Waals surface area contributed by atoms with Gasteiger partial charge in [-0.05, 0) is 61.4 Å². The molecule has 226 valence electrons. The van der Waals surface area contributed by atoms with Crippen molar-refractivity contribution in [2.24, 2.45) is 0 Å². The SMILES string of the molecule is CCOc1ccc(C2C(=C(O)c3ccc(OCc4cccc(C)c4)cc3)C(=O)C(=O)N2CCN2CCOCC2)cc1OC. The van der Waals surface area contributed by atoms with Crippen LogP contribution in [0.1, 0.15) is 35.2 Å². The molecule has 2 aliphatic rings. The lowest BCUT2D eigenvalue weighted by atomic mass is 9.95. The van der Waals surface area contributed by atoms with Crippen molar-refractivity contribution >= 4 is 17.4 Å². The number of aliphatic hydroxyl groups excluding tert-OH is 1. The fourth-order valence-corrected chi connectivity index (χ4v) is 5.49. The molecule has 0 saturated carbocycles. The second-order valence-electron chi connectivity index (χ2n) is 10.6. The van der Waals surface area contributed by atoms with Gasteiger partial charge < -0.3 is 29.0 Å². The average Bonchev–Trinajstić information content (AvgIpc) is 3.28. The largest absolute Gasteiger partial charge is 0.507 e. The number of aliphatic hydroxyl groups is 1. The molecule has 9 nitrogen and oxygen atoms in total. The van der Waals surface area contributed by atoms with Crippen molar-refractivity contribution in [2.75, 3.05) is 53.1 Å². The van der Waals surface area contributed by atoms with Crippen LogP contribution < -0.4 is 14.2 Å². The molecule has 43 heavy (non-hydrogen) atoms. The average molecular weight is 587 g/mol. The van der Waals surface area contributed by atoms with Crippen LogP contribution in [0.4, 0.5) is 0 Å². The summed E-state index contributed by atoms with van der Waals surface area (Å²) in [6.45, 7) is 8.43. The Labute approximate surface area is 252 Å². The Hall–Kier alpha value is -4.34. The van der Waals surface area contributed by atoms with Crippen LogP contribution in [0.25, 0.3) is 5.76 Å². The summed E-state index contributed by atoms with van der Waals surface area (Å²) in [7, 11) is 1.54. The number of hydrogen-bond donors (Lipinski definition) is 1. The summed E-state index contributed by atoms with van der Waals surface area (Å²) in [5.74, 6) is 0.0449. The first-order valence-corrected chi connectivity index (χ1v) is 14.6. The highest BCUT2D eigenvalue weighted by Gasteiger charge is 2.46. The third-order valence-electron chi connectivity index (χ3n) is 7.72. The molecule has 2 heterocycles. The van der Waals surface area contributed by atoms with Gasteiger partial charge in [0, 0.05) is 31.7 Å². The van der Waals surface area contributed by atoms with Gasteiger partial charge in [0.2, 0.25) is 0 Å². The number of amides is 1.